The highest BCUT2D eigenvalue weighted by molar-refractivity contribution is 6.12. The molecular weight excluding hydrogens is 1100 g/mol. The molecule has 16 aromatic carbocycles. The summed E-state index contributed by atoms with van der Waals surface area (Å²) in [5, 5.41) is 11.8. The monoisotopic (exact) mass is 1160 g/mol. The van der Waals surface area contributed by atoms with Crippen molar-refractivity contribution in [2.24, 2.45) is 0 Å². The number of anilines is 6. The van der Waals surface area contributed by atoms with E-state index in [1.165, 1.54) is 60.1 Å². The molecule has 426 valence electrons. The third-order valence-electron chi connectivity index (χ3n) is 18.3. The summed E-state index contributed by atoms with van der Waals surface area (Å²) in [4.78, 5) is 4.96. The van der Waals surface area contributed by atoms with Crippen molar-refractivity contribution in [1.82, 2.24) is 0 Å². The molecular formula is C88H58N2O. The van der Waals surface area contributed by atoms with Gasteiger partial charge in [-0.15, -0.1) is 0 Å². The number of rotatable bonds is 12. The molecule has 0 saturated heterocycles. The SMILES string of the molecule is c1ccc(-c2ccc(-c3ccccc3N(c3ccccc3-c3ccccc3N(c3ccc(-c4ccc5ccccc5c4)cc3)c3ccc4c(ccc5cc(-c6ccc7c(c6)oc6ccccc67)ccc54)c3)c3ccc(-c4ccccc4)c4ccccc34)cc2)cc1. The van der Waals surface area contributed by atoms with Gasteiger partial charge < -0.3 is 14.2 Å². The first kappa shape index (κ1) is 53.2. The van der Waals surface area contributed by atoms with Crippen LogP contribution in [0.5, 0.6) is 0 Å². The third-order valence-corrected chi connectivity index (χ3v) is 18.3. The van der Waals surface area contributed by atoms with Gasteiger partial charge in [-0.1, -0.05) is 273 Å². The van der Waals surface area contributed by atoms with Crippen molar-refractivity contribution < 1.29 is 4.42 Å². The number of hydrogen-bond donors (Lipinski definition) is 0. The molecule has 0 fully saturated rings. The van der Waals surface area contributed by atoms with Crippen molar-refractivity contribution in [2.45, 2.75) is 0 Å². The van der Waals surface area contributed by atoms with Crippen molar-refractivity contribution >= 4 is 99.2 Å². The predicted molar refractivity (Wildman–Crippen MR) is 386 cm³/mol. The Morgan fingerprint density at radius 1 is 0.176 bits per heavy atom. The largest absolute Gasteiger partial charge is 0.456 e. The number of furan rings is 1. The first-order valence-corrected chi connectivity index (χ1v) is 31.2. The van der Waals surface area contributed by atoms with E-state index < -0.39 is 0 Å². The molecule has 3 nitrogen and oxygen atoms in total. The number of nitrogens with zero attached hydrogens (tertiary/aromatic N) is 2. The van der Waals surface area contributed by atoms with E-state index in [9.17, 15) is 0 Å². The smallest absolute Gasteiger partial charge is 0.136 e. The highest BCUT2D eigenvalue weighted by atomic mass is 16.3. The Morgan fingerprint density at radius 3 is 1.34 bits per heavy atom. The van der Waals surface area contributed by atoms with E-state index in [0.717, 1.165) is 106 Å². The standard InChI is InChI=1S/C88H58N2O/c1-3-19-59(20-4-1)61-35-38-64(39-36-61)76-25-11-15-31-83(76)90(86-54-53-73(63-22-5-2-6-23-63)77-26-9-10-27-78(77)86)85-33-17-13-29-80(85)79-28-12-16-32-84(79)89(71-47-43-62(44-48-71)66-40-37-60-21-7-8-24-65(60)55-66)72-49-52-75-70(57-72)42-41-69-56-67(45-50-74(69)75)68-46-51-82-81-30-14-18-34-87(81)91-88(82)58-68/h1-58H. The molecule has 1 aromatic heterocycles. The summed E-state index contributed by atoms with van der Waals surface area (Å²) < 4.78 is 6.34. The summed E-state index contributed by atoms with van der Waals surface area (Å²) >= 11 is 0. The molecule has 0 atom stereocenters. The fourth-order valence-electron chi connectivity index (χ4n) is 13.8. The van der Waals surface area contributed by atoms with Crippen LogP contribution in [0.2, 0.25) is 0 Å². The summed E-state index contributed by atoms with van der Waals surface area (Å²) in [5.74, 6) is 0. The maximum atomic E-state index is 6.34. The lowest BCUT2D eigenvalue weighted by Crippen LogP contribution is -2.14. The van der Waals surface area contributed by atoms with E-state index in [0.29, 0.717) is 0 Å². The van der Waals surface area contributed by atoms with Crippen molar-refractivity contribution in [3.8, 4) is 66.8 Å². The summed E-state index contributed by atoms with van der Waals surface area (Å²) in [5.41, 5.74) is 21.9. The highest BCUT2D eigenvalue weighted by Gasteiger charge is 2.26. The fourth-order valence-corrected chi connectivity index (χ4v) is 13.8. The molecule has 0 amide bonds. The van der Waals surface area contributed by atoms with Gasteiger partial charge in [0.25, 0.3) is 0 Å². The molecule has 0 radical (unpaired) electrons. The van der Waals surface area contributed by atoms with Crippen LogP contribution in [0.15, 0.2) is 356 Å². The zero-order valence-electron chi connectivity index (χ0n) is 49.8. The molecule has 0 unspecified atom stereocenters. The summed E-state index contributed by atoms with van der Waals surface area (Å²) in [6.07, 6.45) is 0. The van der Waals surface area contributed by atoms with Crippen LogP contribution >= 0.6 is 0 Å². The molecule has 0 N–H and O–H groups in total. The Labute approximate surface area is 528 Å². The molecule has 0 aliphatic heterocycles. The Morgan fingerprint density at radius 2 is 0.604 bits per heavy atom. The summed E-state index contributed by atoms with van der Waals surface area (Å²) in [6, 6.07) is 128. The van der Waals surface area contributed by atoms with Crippen LogP contribution < -0.4 is 9.80 Å². The van der Waals surface area contributed by atoms with E-state index in [-0.39, 0.29) is 0 Å². The third kappa shape index (κ3) is 9.64. The normalized spacial score (nSPS) is 11.5. The van der Waals surface area contributed by atoms with Crippen molar-refractivity contribution in [1.29, 1.82) is 0 Å². The van der Waals surface area contributed by atoms with Crippen molar-refractivity contribution in [3.63, 3.8) is 0 Å². The zero-order chi connectivity index (χ0) is 60.2. The molecule has 3 heteroatoms. The minimum absolute atomic E-state index is 0.897. The van der Waals surface area contributed by atoms with Crippen molar-refractivity contribution in [3.05, 3.63) is 352 Å². The summed E-state index contributed by atoms with van der Waals surface area (Å²) in [7, 11) is 0. The lowest BCUT2D eigenvalue weighted by molar-refractivity contribution is 0.669. The van der Waals surface area contributed by atoms with Gasteiger partial charge in [-0.2, -0.15) is 0 Å². The van der Waals surface area contributed by atoms with E-state index in [4.69, 9.17) is 4.42 Å². The molecule has 0 aliphatic carbocycles. The molecule has 0 aliphatic rings. The Balaban J connectivity index is 0.831. The van der Waals surface area contributed by atoms with Gasteiger partial charge >= 0.3 is 0 Å². The lowest BCUT2D eigenvalue weighted by Gasteiger charge is -2.33. The molecule has 91 heavy (non-hydrogen) atoms. The zero-order valence-corrected chi connectivity index (χ0v) is 49.8. The highest BCUT2D eigenvalue weighted by Crippen LogP contribution is 2.51. The van der Waals surface area contributed by atoms with Gasteiger partial charge in [0.1, 0.15) is 11.2 Å². The Kier molecular flexibility index (Phi) is 13.2. The van der Waals surface area contributed by atoms with Crippen LogP contribution in [0, 0.1) is 0 Å². The van der Waals surface area contributed by atoms with Crippen LogP contribution in [-0.4, -0.2) is 0 Å². The van der Waals surface area contributed by atoms with Crippen LogP contribution in [0.4, 0.5) is 34.1 Å². The minimum Gasteiger partial charge on any atom is -0.456 e. The maximum absolute atomic E-state index is 6.34. The molecule has 17 aromatic rings. The fraction of sp³-hybridized carbons (Fsp3) is 0. The van der Waals surface area contributed by atoms with Gasteiger partial charge in [-0.05, 0) is 167 Å². The number of fused-ring (bicyclic) bond motifs is 8. The number of para-hydroxylation sites is 4. The summed E-state index contributed by atoms with van der Waals surface area (Å²) in [6.45, 7) is 0. The molecule has 0 spiro atoms. The minimum atomic E-state index is 0.897. The molecule has 0 bridgehead atoms. The Bertz CT molecular complexity index is 5590. The second-order valence-electron chi connectivity index (χ2n) is 23.5. The van der Waals surface area contributed by atoms with Crippen LogP contribution in [-0.2, 0) is 0 Å². The van der Waals surface area contributed by atoms with E-state index >= 15 is 0 Å². The Hall–Kier alpha value is -12.0. The van der Waals surface area contributed by atoms with Gasteiger partial charge in [-0.3, -0.25) is 0 Å². The average Bonchev–Trinajstić information content (AvgIpc) is 1.29. The van der Waals surface area contributed by atoms with Gasteiger partial charge in [0, 0.05) is 44.2 Å². The lowest BCUT2D eigenvalue weighted by atomic mass is 9.93. The maximum Gasteiger partial charge on any atom is 0.136 e. The predicted octanol–water partition coefficient (Wildman–Crippen LogP) is 25.1. The van der Waals surface area contributed by atoms with Gasteiger partial charge in [0.2, 0.25) is 0 Å². The van der Waals surface area contributed by atoms with E-state index in [1.54, 1.807) is 0 Å². The van der Waals surface area contributed by atoms with Crippen molar-refractivity contribution in [2.75, 3.05) is 9.80 Å². The number of benzene rings is 16. The van der Waals surface area contributed by atoms with Crippen LogP contribution in [0.1, 0.15) is 0 Å². The van der Waals surface area contributed by atoms with Gasteiger partial charge in [0.05, 0.1) is 22.7 Å². The van der Waals surface area contributed by atoms with Gasteiger partial charge in [-0.25, -0.2) is 0 Å². The molecule has 1 heterocycles. The average molecular weight is 1160 g/mol. The second-order valence-corrected chi connectivity index (χ2v) is 23.5. The quantitative estimate of drug-likeness (QED) is 0.114. The first-order chi connectivity index (χ1) is 45.1. The van der Waals surface area contributed by atoms with E-state index in [1.807, 2.05) is 12.1 Å². The number of hydrogen-bond acceptors (Lipinski definition) is 3. The second kappa shape index (κ2) is 22.6. The topological polar surface area (TPSA) is 19.6 Å². The van der Waals surface area contributed by atoms with Gasteiger partial charge in [0.15, 0.2) is 0 Å². The molecule has 17 rings (SSSR count). The van der Waals surface area contributed by atoms with E-state index in [2.05, 4.69) is 350 Å². The first-order valence-electron chi connectivity index (χ1n) is 31.2. The van der Waals surface area contributed by atoms with Crippen LogP contribution in [0.25, 0.3) is 132 Å². The van der Waals surface area contributed by atoms with Crippen LogP contribution in [0.3, 0.4) is 0 Å². The molecule has 0 saturated carbocycles.